The lowest BCUT2D eigenvalue weighted by molar-refractivity contribution is 0.102. The number of nitrogens with one attached hydrogen (secondary N) is 3. The number of halogens is 3. The molecule has 0 aliphatic heterocycles. The monoisotopic (exact) mass is 505 g/mol. The Morgan fingerprint density at radius 3 is 2.56 bits per heavy atom. The quantitative estimate of drug-likeness (QED) is 0.328. The highest BCUT2D eigenvalue weighted by molar-refractivity contribution is 7.92. The molecule has 3 N–H and O–H groups in total. The minimum Gasteiger partial charge on any atom is -0.316 e. The van der Waals surface area contributed by atoms with Crippen molar-refractivity contribution in [3.05, 3.63) is 71.0 Å². The van der Waals surface area contributed by atoms with Gasteiger partial charge in [0.1, 0.15) is 17.2 Å². The van der Waals surface area contributed by atoms with Crippen molar-refractivity contribution in [3.8, 4) is 11.1 Å². The summed E-state index contributed by atoms with van der Waals surface area (Å²) in [4.78, 5) is 17.1. The molecule has 4 rings (SSSR count). The molecule has 0 saturated heterocycles. The van der Waals surface area contributed by atoms with Gasteiger partial charge in [0.05, 0.1) is 16.8 Å². The number of aromatic nitrogens is 3. The van der Waals surface area contributed by atoms with E-state index in [0.717, 1.165) is 17.7 Å². The normalized spacial score (nSPS) is 11.5. The van der Waals surface area contributed by atoms with Crippen molar-refractivity contribution in [2.24, 2.45) is 0 Å². The summed E-state index contributed by atoms with van der Waals surface area (Å²) in [6.07, 6.45) is 1.87. The predicted molar refractivity (Wildman–Crippen MR) is 126 cm³/mol. The van der Waals surface area contributed by atoms with Crippen LogP contribution >= 0.6 is 11.6 Å². The van der Waals surface area contributed by atoms with E-state index in [9.17, 15) is 22.0 Å². The average molecular weight is 506 g/mol. The van der Waals surface area contributed by atoms with Gasteiger partial charge in [-0.1, -0.05) is 30.7 Å². The van der Waals surface area contributed by atoms with Gasteiger partial charge in [-0.25, -0.2) is 22.2 Å². The van der Waals surface area contributed by atoms with Crippen LogP contribution in [0.4, 0.5) is 20.2 Å². The Hall–Kier alpha value is -3.57. The highest BCUT2D eigenvalue weighted by Gasteiger charge is 2.22. The van der Waals surface area contributed by atoms with E-state index in [1.54, 1.807) is 43.5 Å². The zero-order valence-corrected chi connectivity index (χ0v) is 19.3. The van der Waals surface area contributed by atoms with E-state index in [4.69, 9.17) is 11.6 Å². The maximum atomic E-state index is 14.9. The number of fused-ring (bicyclic) bond motifs is 1. The summed E-state index contributed by atoms with van der Waals surface area (Å²) in [5.41, 5.74) is 0.330. The second kappa shape index (κ2) is 9.35. The molecule has 0 atom stereocenters. The van der Waals surface area contributed by atoms with E-state index < -0.39 is 38.9 Å². The van der Waals surface area contributed by atoms with E-state index in [1.807, 2.05) is 0 Å². The summed E-state index contributed by atoms with van der Waals surface area (Å²) in [6, 6.07) is 10.4. The Labute approximate surface area is 198 Å². The number of hydrogen-bond donors (Lipinski definition) is 3. The topological polar surface area (TPSA) is 117 Å². The van der Waals surface area contributed by atoms with Gasteiger partial charge in [-0.05, 0) is 42.3 Å². The van der Waals surface area contributed by atoms with E-state index in [2.05, 4.69) is 25.2 Å². The minimum atomic E-state index is -3.83. The zero-order valence-electron chi connectivity index (χ0n) is 17.7. The smallest absolute Gasteiger partial charge is 0.274 e. The van der Waals surface area contributed by atoms with Gasteiger partial charge in [0.25, 0.3) is 5.91 Å². The van der Waals surface area contributed by atoms with Crippen LogP contribution in [0.15, 0.2) is 48.7 Å². The molecule has 0 aliphatic rings. The van der Waals surface area contributed by atoms with E-state index >= 15 is 0 Å². The van der Waals surface area contributed by atoms with Crippen LogP contribution in [0.5, 0.6) is 0 Å². The third-order valence-corrected chi connectivity index (χ3v) is 6.61. The highest BCUT2D eigenvalue weighted by atomic mass is 35.5. The maximum Gasteiger partial charge on any atom is 0.274 e. The molecule has 2 aromatic heterocycles. The van der Waals surface area contributed by atoms with Gasteiger partial charge in [0, 0.05) is 16.8 Å². The van der Waals surface area contributed by atoms with Crippen LogP contribution in [0.2, 0.25) is 5.02 Å². The number of sulfonamides is 1. The lowest BCUT2D eigenvalue weighted by atomic mass is 10.1. The molecule has 0 bridgehead atoms. The number of benzene rings is 2. The van der Waals surface area contributed by atoms with Crippen LogP contribution in [-0.4, -0.2) is 35.3 Å². The number of pyridine rings is 1. The average Bonchev–Trinajstić information content (AvgIpc) is 3.22. The highest BCUT2D eigenvalue weighted by Crippen LogP contribution is 2.29. The first-order valence-electron chi connectivity index (χ1n) is 10.1. The number of carbonyl (C=O) groups is 1. The predicted octanol–water partition coefficient (Wildman–Crippen LogP) is 4.96. The molecular formula is C22H18ClF2N5O3S. The molecule has 0 radical (unpaired) electrons. The maximum absolute atomic E-state index is 14.9. The van der Waals surface area contributed by atoms with Crippen molar-refractivity contribution in [1.29, 1.82) is 0 Å². The Bertz CT molecular complexity index is 1490. The number of hydrogen-bond acceptors (Lipinski definition) is 5. The van der Waals surface area contributed by atoms with Crippen molar-refractivity contribution in [1.82, 2.24) is 15.2 Å². The van der Waals surface area contributed by atoms with Crippen molar-refractivity contribution < 1.29 is 22.0 Å². The van der Waals surface area contributed by atoms with Crippen LogP contribution in [0, 0.1) is 11.6 Å². The number of aromatic amines is 1. The third-order valence-electron chi connectivity index (χ3n) is 4.88. The van der Waals surface area contributed by atoms with Crippen molar-refractivity contribution in [3.63, 3.8) is 0 Å². The first kappa shape index (κ1) is 23.6. The Morgan fingerprint density at radius 1 is 1.12 bits per heavy atom. The summed E-state index contributed by atoms with van der Waals surface area (Å²) in [6.45, 7) is 1.65. The zero-order chi connectivity index (χ0) is 24.5. The van der Waals surface area contributed by atoms with Crippen LogP contribution in [0.25, 0.3) is 22.2 Å². The van der Waals surface area contributed by atoms with Gasteiger partial charge >= 0.3 is 0 Å². The summed E-state index contributed by atoms with van der Waals surface area (Å²) in [5.74, 6) is -3.46. The Balaban J connectivity index is 1.66. The standard InChI is InChI=1S/C22H18ClF2N5O3S/c1-2-9-34(32,33)30-17-8-7-16(24)20(18(17)25)27-22(31)19-15-10-13(11-26-21(15)29-28-19)12-3-5-14(23)6-4-12/h3-8,10-11,30H,2,9H2,1H3,(H,27,31)(H,26,28,29). The molecule has 4 aromatic rings. The molecule has 176 valence electrons. The Kier molecular flexibility index (Phi) is 6.49. The van der Waals surface area contributed by atoms with Crippen molar-refractivity contribution in [2.75, 3.05) is 15.8 Å². The lowest BCUT2D eigenvalue weighted by Gasteiger charge is -2.12. The van der Waals surface area contributed by atoms with E-state index in [0.29, 0.717) is 22.4 Å². The summed E-state index contributed by atoms with van der Waals surface area (Å²) in [5, 5.41) is 9.53. The van der Waals surface area contributed by atoms with Crippen LogP contribution in [0.3, 0.4) is 0 Å². The number of amides is 1. The largest absolute Gasteiger partial charge is 0.316 e. The molecule has 0 unspecified atom stereocenters. The van der Waals surface area contributed by atoms with Crippen molar-refractivity contribution in [2.45, 2.75) is 13.3 Å². The van der Waals surface area contributed by atoms with Gasteiger partial charge in [-0.3, -0.25) is 14.6 Å². The summed E-state index contributed by atoms with van der Waals surface area (Å²) >= 11 is 5.93. The number of nitrogens with zero attached hydrogens (tertiary/aromatic N) is 2. The van der Waals surface area contributed by atoms with Crippen LogP contribution in [-0.2, 0) is 10.0 Å². The lowest BCUT2D eigenvalue weighted by Crippen LogP contribution is -2.19. The van der Waals surface area contributed by atoms with E-state index in [-0.39, 0.29) is 17.1 Å². The Morgan fingerprint density at radius 2 is 1.85 bits per heavy atom. The third kappa shape index (κ3) is 4.85. The van der Waals surface area contributed by atoms with Crippen LogP contribution in [0.1, 0.15) is 23.8 Å². The van der Waals surface area contributed by atoms with Gasteiger partial charge in [-0.15, -0.1) is 0 Å². The molecule has 2 aromatic carbocycles. The SMILES string of the molecule is CCCS(=O)(=O)Nc1ccc(F)c(NC(=O)c2[nH]nc3ncc(-c4ccc(Cl)cc4)cc23)c1F. The fraction of sp³-hybridized carbons (Fsp3) is 0.136. The molecule has 2 heterocycles. The molecule has 34 heavy (non-hydrogen) atoms. The summed E-state index contributed by atoms with van der Waals surface area (Å²) < 4.78 is 55.3. The molecule has 8 nitrogen and oxygen atoms in total. The first-order chi connectivity index (χ1) is 16.2. The fourth-order valence-electron chi connectivity index (χ4n) is 3.28. The molecule has 12 heteroatoms. The molecule has 0 spiro atoms. The molecular weight excluding hydrogens is 488 g/mol. The second-order valence-electron chi connectivity index (χ2n) is 7.36. The minimum absolute atomic E-state index is 0.0749. The van der Waals surface area contributed by atoms with Gasteiger partial charge < -0.3 is 5.32 Å². The number of anilines is 2. The molecule has 0 saturated carbocycles. The second-order valence-corrected chi connectivity index (χ2v) is 9.64. The van der Waals surface area contributed by atoms with Crippen LogP contribution < -0.4 is 10.0 Å². The van der Waals surface area contributed by atoms with Gasteiger partial charge in [0.2, 0.25) is 10.0 Å². The number of rotatable bonds is 7. The van der Waals surface area contributed by atoms with E-state index in [1.165, 1.54) is 0 Å². The molecule has 0 fully saturated rings. The molecule has 1 amide bonds. The number of H-pyrrole nitrogens is 1. The van der Waals surface area contributed by atoms with Gasteiger partial charge in [0.15, 0.2) is 11.5 Å². The van der Waals surface area contributed by atoms with Crippen molar-refractivity contribution >= 4 is 49.9 Å². The number of carbonyl (C=O) groups excluding carboxylic acids is 1. The summed E-state index contributed by atoms with van der Waals surface area (Å²) in [7, 11) is -3.83. The first-order valence-corrected chi connectivity index (χ1v) is 12.1. The fourth-order valence-corrected chi connectivity index (χ4v) is 4.54. The van der Waals surface area contributed by atoms with Gasteiger partial charge in [-0.2, -0.15) is 5.10 Å². The molecule has 0 aliphatic carbocycles.